The molecule has 1 heterocycles. The largest absolute Gasteiger partial charge is 0.311 e. The maximum absolute atomic E-state index is 3.77. The lowest BCUT2D eigenvalue weighted by atomic mass is 9.96. The van der Waals surface area contributed by atoms with Crippen molar-refractivity contribution in [2.75, 3.05) is 31.1 Å². The number of nitrogens with zero attached hydrogens (tertiary/aromatic N) is 1. The Morgan fingerprint density at radius 1 is 1.29 bits per heavy atom. The van der Waals surface area contributed by atoms with Gasteiger partial charge in [0.05, 0.1) is 0 Å². The Labute approximate surface area is 134 Å². The third-order valence-electron chi connectivity index (χ3n) is 4.16. The average molecular weight is 307 g/mol. The smallest absolute Gasteiger partial charge is 0.0473 e. The molecule has 0 aliphatic carbocycles. The molecule has 1 fully saturated rings. The highest BCUT2D eigenvalue weighted by Gasteiger charge is 2.28. The van der Waals surface area contributed by atoms with Crippen molar-refractivity contribution in [3.05, 3.63) is 35.9 Å². The molecule has 1 N–H and O–H groups in total. The number of thioether (sulfide) groups is 1. The van der Waals surface area contributed by atoms with E-state index in [2.05, 4.69) is 73.1 Å². The fraction of sp³-hybridized carbons (Fsp3) is 0.667. The van der Waals surface area contributed by atoms with Crippen molar-refractivity contribution >= 4 is 11.8 Å². The van der Waals surface area contributed by atoms with E-state index in [4.69, 9.17) is 0 Å². The molecule has 0 amide bonds. The molecule has 118 valence electrons. The second kappa shape index (κ2) is 8.82. The third kappa shape index (κ3) is 5.32. The van der Waals surface area contributed by atoms with Crippen molar-refractivity contribution in [1.29, 1.82) is 0 Å². The van der Waals surface area contributed by atoms with Gasteiger partial charge in [-0.1, -0.05) is 51.1 Å². The van der Waals surface area contributed by atoms with Crippen molar-refractivity contribution in [2.45, 2.75) is 39.3 Å². The zero-order chi connectivity index (χ0) is 15.1. The molecule has 2 rings (SSSR count). The average Bonchev–Trinajstić information content (AvgIpc) is 2.48. The lowest BCUT2D eigenvalue weighted by Gasteiger charge is -2.41. The van der Waals surface area contributed by atoms with Crippen LogP contribution in [0, 0.1) is 5.92 Å². The van der Waals surface area contributed by atoms with Crippen molar-refractivity contribution in [1.82, 2.24) is 10.2 Å². The first-order valence-corrected chi connectivity index (χ1v) is 9.46. The molecule has 1 aliphatic rings. The van der Waals surface area contributed by atoms with E-state index >= 15 is 0 Å². The number of piperazine rings is 1. The molecule has 0 aromatic heterocycles. The van der Waals surface area contributed by atoms with Gasteiger partial charge in [-0.15, -0.1) is 0 Å². The minimum Gasteiger partial charge on any atom is -0.311 e. The molecular formula is C18H30N2S. The summed E-state index contributed by atoms with van der Waals surface area (Å²) in [6.45, 7) is 10.4. The summed E-state index contributed by atoms with van der Waals surface area (Å²) in [4.78, 5) is 2.70. The highest BCUT2D eigenvalue weighted by molar-refractivity contribution is 7.99. The Morgan fingerprint density at radius 3 is 2.71 bits per heavy atom. The monoisotopic (exact) mass is 306 g/mol. The summed E-state index contributed by atoms with van der Waals surface area (Å²) >= 11 is 2.05. The van der Waals surface area contributed by atoms with Gasteiger partial charge in [-0.25, -0.2) is 0 Å². The van der Waals surface area contributed by atoms with Gasteiger partial charge in [0.15, 0.2) is 0 Å². The third-order valence-corrected chi connectivity index (χ3v) is 5.04. The van der Waals surface area contributed by atoms with E-state index in [1.807, 2.05) is 0 Å². The van der Waals surface area contributed by atoms with Crippen LogP contribution in [0.1, 0.15) is 38.8 Å². The van der Waals surface area contributed by atoms with Crippen LogP contribution in [0.5, 0.6) is 0 Å². The van der Waals surface area contributed by atoms with E-state index in [-0.39, 0.29) is 0 Å². The standard InChI is InChI=1S/C18H30N2S/c1-4-21-11-10-20-14-17(12-15(2)3)19-13-18(20)16-8-6-5-7-9-16/h5-9,15,17-19H,4,10-14H2,1-3H3. The maximum atomic E-state index is 3.77. The molecule has 0 spiro atoms. The normalized spacial score (nSPS) is 23.6. The van der Waals surface area contributed by atoms with Crippen LogP contribution in [0.2, 0.25) is 0 Å². The summed E-state index contributed by atoms with van der Waals surface area (Å²) in [6, 6.07) is 12.2. The Morgan fingerprint density at radius 2 is 2.05 bits per heavy atom. The summed E-state index contributed by atoms with van der Waals surface area (Å²) in [5, 5.41) is 3.77. The van der Waals surface area contributed by atoms with Crippen molar-refractivity contribution < 1.29 is 0 Å². The summed E-state index contributed by atoms with van der Waals surface area (Å²) in [7, 11) is 0. The SMILES string of the molecule is CCSCCN1CC(CC(C)C)NCC1c1ccccc1. The van der Waals surface area contributed by atoms with Crippen LogP contribution in [0.25, 0.3) is 0 Å². The molecule has 2 atom stereocenters. The van der Waals surface area contributed by atoms with Gasteiger partial charge in [-0.05, 0) is 23.7 Å². The fourth-order valence-electron chi connectivity index (χ4n) is 3.19. The number of nitrogens with one attached hydrogen (secondary N) is 1. The van der Waals surface area contributed by atoms with Crippen LogP contribution in [0.4, 0.5) is 0 Å². The number of rotatable bonds is 7. The minimum atomic E-state index is 0.534. The van der Waals surface area contributed by atoms with Gasteiger partial charge in [-0.3, -0.25) is 4.90 Å². The highest BCUT2D eigenvalue weighted by atomic mass is 32.2. The Kier molecular flexibility index (Phi) is 7.08. The summed E-state index contributed by atoms with van der Waals surface area (Å²) < 4.78 is 0. The van der Waals surface area contributed by atoms with E-state index in [1.165, 1.54) is 36.6 Å². The van der Waals surface area contributed by atoms with Crippen LogP contribution in [0.3, 0.4) is 0 Å². The van der Waals surface area contributed by atoms with Gasteiger partial charge in [0.1, 0.15) is 0 Å². The van der Waals surface area contributed by atoms with Gasteiger partial charge in [0.25, 0.3) is 0 Å². The van der Waals surface area contributed by atoms with E-state index < -0.39 is 0 Å². The topological polar surface area (TPSA) is 15.3 Å². The fourth-order valence-corrected chi connectivity index (χ4v) is 3.84. The molecule has 1 saturated heterocycles. The number of benzene rings is 1. The molecule has 3 heteroatoms. The van der Waals surface area contributed by atoms with Gasteiger partial charge < -0.3 is 5.32 Å². The van der Waals surface area contributed by atoms with Gasteiger partial charge in [-0.2, -0.15) is 11.8 Å². The van der Waals surface area contributed by atoms with Crippen molar-refractivity contribution in [3.8, 4) is 0 Å². The zero-order valence-corrected chi connectivity index (χ0v) is 14.5. The Hall–Kier alpha value is -0.510. The molecule has 1 aromatic rings. The molecule has 2 nitrogen and oxygen atoms in total. The molecule has 0 saturated carbocycles. The summed E-state index contributed by atoms with van der Waals surface area (Å²) in [5.41, 5.74) is 1.45. The van der Waals surface area contributed by atoms with Crippen LogP contribution in [0.15, 0.2) is 30.3 Å². The van der Waals surface area contributed by atoms with Gasteiger partial charge >= 0.3 is 0 Å². The van der Waals surface area contributed by atoms with Crippen LogP contribution in [-0.2, 0) is 0 Å². The predicted octanol–water partition coefficient (Wildman–Crippen LogP) is 3.80. The van der Waals surface area contributed by atoms with E-state index in [9.17, 15) is 0 Å². The molecule has 0 radical (unpaired) electrons. The molecule has 0 bridgehead atoms. The maximum Gasteiger partial charge on any atom is 0.0473 e. The molecule has 1 aliphatic heterocycles. The highest BCUT2D eigenvalue weighted by Crippen LogP contribution is 2.25. The zero-order valence-electron chi connectivity index (χ0n) is 13.7. The molecular weight excluding hydrogens is 276 g/mol. The summed E-state index contributed by atoms with van der Waals surface area (Å²) in [5.74, 6) is 3.23. The minimum absolute atomic E-state index is 0.534. The first-order valence-electron chi connectivity index (χ1n) is 8.30. The van der Waals surface area contributed by atoms with Crippen molar-refractivity contribution in [2.24, 2.45) is 5.92 Å². The molecule has 1 aromatic carbocycles. The van der Waals surface area contributed by atoms with Gasteiger partial charge in [0, 0.05) is 37.5 Å². The van der Waals surface area contributed by atoms with E-state index in [0.717, 1.165) is 12.5 Å². The molecule has 2 unspecified atom stereocenters. The van der Waals surface area contributed by atoms with Gasteiger partial charge in [0.2, 0.25) is 0 Å². The summed E-state index contributed by atoms with van der Waals surface area (Å²) in [6.07, 6.45) is 1.28. The second-order valence-electron chi connectivity index (χ2n) is 6.35. The number of hydrogen-bond acceptors (Lipinski definition) is 3. The Balaban J connectivity index is 2.01. The first kappa shape index (κ1) is 16.9. The van der Waals surface area contributed by atoms with Crippen LogP contribution >= 0.6 is 11.8 Å². The lowest BCUT2D eigenvalue weighted by molar-refractivity contribution is 0.130. The van der Waals surface area contributed by atoms with Crippen LogP contribution in [-0.4, -0.2) is 42.1 Å². The van der Waals surface area contributed by atoms with E-state index in [0.29, 0.717) is 12.1 Å². The van der Waals surface area contributed by atoms with Crippen LogP contribution < -0.4 is 5.32 Å². The lowest BCUT2D eigenvalue weighted by Crippen LogP contribution is -2.53. The predicted molar refractivity (Wildman–Crippen MR) is 95.0 cm³/mol. The second-order valence-corrected chi connectivity index (χ2v) is 7.75. The first-order chi connectivity index (χ1) is 10.2. The Bertz CT molecular complexity index is 393. The number of hydrogen-bond donors (Lipinski definition) is 1. The quantitative estimate of drug-likeness (QED) is 0.771. The molecule has 21 heavy (non-hydrogen) atoms. The van der Waals surface area contributed by atoms with E-state index in [1.54, 1.807) is 0 Å². The van der Waals surface area contributed by atoms with Crippen molar-refractivity contribution in [3.63, 3.8) is 0 Å².